The van der Waals surface area contributed by atoms with Crippen LogP contribution in [0.25, 0.3) is 0 Å². The summed E-state index contributed by atoms with van der Waals surface area (Å²) in [7, 11) is 0. The van der Waals surface area contributed by atoms with Crippen LogP contribution in [0.3, 0.4) is 0 Å². The van der Waals surface area contributed by atoms with Crippen molar-refractivity contribution in [2.45, 2.75) is 31.3 Å². The van der Waals surface area contributed by atoms with Crippen molar-refractivity contribution >= 4 is 33.5 Å². The normalized spacial score (nSPS) is 10.9. The van der Waals surface area contributed by atoms with E-state index in [1.165, 1.54) is 17.8 Å². The third-order valence-electron chi connectivity index (χ3n) is 2.54. The van der Waals surface area contributed by atoms with Gasteiger partial charge in [0.2, 0.25) is 0 Å². The molecule has 0 fully saturated rings. The van der Waals surface area contributed by atoms with Crippen LogP contribution >= 0.6 is 27.7 Å². The summed E-state index contributed by atoms with van der Waals surface area (Å²) in [5.74, 6) is 0.882. The molecule has 0 aliphatic rings. The van der Waals surface area contributed by atoms with Crippen LogP contribution in [0.5, 0.6) is 0 Å². The van der Waals surface area contributed by atoms with Gasteiger partial charge in [-0.15, -0.1) is 0 Å². The number of thioether (sulfide) groups is 1. The number of aromatic nitrogens is 4. The minimum Gasteiger partial charge on any atom is -0.383 e. The molecule has 8 heteroatoms. The Kier molecular flexibility index (Phi) is 4.31. The van der Waals surface area contributed by atoms with Crippen LogP contribution < -0.4 is 11.3 Å². The van der Waals surface area contributed by atoms with Crippen LogP contribution in [-0.2, 0) is 12.3 Å². The van der Waals surface area contributed by atoms with E-state index in [1.54, 1.807) is 0 Å². The molecule has 0 saturated heterocycles. The molecule has 0 spiro atoms. The molecular formula is C11H14BrN5OS. The molecule has 0 aromatic carbocycles. The number of nitrogens with two attached hydrogens (primary N) is 1. The summed E-state index contributed by atoms with van der Waals surface area (Å²) >= 11 is 4.95. The summed E-state index contributed by atoms with van der Waals surface area (Å²) in [4.78, 5) is 18.0. The maximum absolute atomic E-state index is 11.3. The molecule has 3 N–H and O–H groups in total. The lowest BCUT2D eigenvalue weighted by Crippen LogP contribution is -2.09. The van der Waals surface area contributed by atoms with Gasteiger partial charge in [-0.25, -0.2) is 4.98 Å². The van der Waals surface area contributed by atoms with Crippen molar-refractivity contribution in [3.8, 4) is 0 Å². The maximum atomic E-state index is 11.3. The predicted molar refractivity (Wildman–Crippen MR) is 79.2 cm³/mol. The molecule has 2 aromatic rings. The van der Waals surface area contributed by atoms with E-state index in [1.807, 2.05) is 18.5 Å². The van der Waals surface area contributed by atoms with Gasteiger partial charge in [0.25, 0.3) is 5.56 Å². The van der Waals surface area contributed by atoms with E-state index >= 15 is 0 Å². The summed E-state index contributed by atoms with van der Waals surface area (Å²) in [6.07, 6.45) is 0. The van der Waals surface area contributed by atoms with Gasteiger partial charge >= 0.3 is 0 Å². The summed E-state index contributed by atoms with van der Waals surface area (Å²) in [6.45, 7) is 4.78. The Hall–Kier alpha value is -1.28. The molecule has 6 nitrogen and oxygen atoms in total. The lowest BCUT2D eigenvalue weighted by atomic mass is 10.4. The number of nitrogens with zero attached hydrogens (tertiary/aromatic N) is 3. The zero-order valence-electron chi connectivity index (χ0n) is 10.6. The maximum Gasteiger partial charge on any atom is 0.253 e. The number of nitrogens with one attached hydrogen (secondary N) is 1. The second kappa shape index (κ2) is 5.79. The Morgan fingerprint density at radius 3 is 2.95 bits per heavy atom. The fourth-order valence-corrected chi connectivity index (χ4v) is 3.18. The highest BCUT2D eigenvalue weighted by Gasteiger charge is 2.13. The molecule has 0 bridgehead atoms. The molecule has 0 saturated carbocycles. The van der Waals surface area contributed by atoms with Gasteiger partial charge in [0.15, 0.2) is 5.16 Å². The Balaban J connectivity index is 2.21. The quantitative estimate of drug-likeness (QED) is 0.653. The van der Waals surface area contributed by atoms with Gasteiger partial charge in [-0.05, 0) is 29.8 Å². The second-order valence-corrected chi connectivity index (χ2v) is 5.68. The van der Waals surface area contributed by atoms with E-state index in [0.29, 0.717) is 10.9 Å². The van der Waals surface area contributed by atoms with Gasteiger partial charge < -0.3 is 10.7 Å². The third kappa shape index (κ3) is 3.19. The van der Waals surface area contributed by atoms with Gasteiger partial charge in [0, 0.05) is 18.4 Å². The number of aromatic amines is 1. The summed E-state index contributed by atoms with van der Waals surface area (Å²) in [6, 6.07) is 1.26. The minimum atomic E-state index is -0.241. The van der Waals surface area contributed by atoms with Crippen molar-refractivity contribution in [3.63, 3.8) is 0 Å². The fraction of sp³-hybridized carbons (Fsp3) is 0.364. The number of aryl methyl sites for hydroxylation is 2. The molecule has 0 aliphatic carbocycles. The molecule has 2 heterocycles. The number of anilines is 1. The van der Waals surface area contributed by atoms with E-state index in [9.17, 15) is 4.79 Å². The van der Waals surface area contributed by atoms with Crippen molar-refractivity contribution in [1.29, 1.82) is 0 Å². The smallest absolute Gasteiger partial charge is 0.253 e. The predicted octanol–water partition coefficient (Wildman–Crippen LogP) is 1.93. The van der Waals surface area contributed by atoms with E-state index in [0.717, 1.165) is 22.4 Å². The minimum absolute atomic E-state index is 0.227. The van der Waals surface area contributed by atoms with Crippen molar-refractivity contribution in [2.24, 2.45) is 0 Å². The molecule has 2 rings (SSSR count). The number of rotatable bonds is 4. The van der Waals surface area contributed by atoms with Crippen LogP contribution in [0.4, 0.5) is 5.82 Å². The van der Waals surface area contributed by atoms with E-state index in [-0.39, 0.29) is 11.4 Å². The van der Waals surface area contributed by atoms with Crippen LogP contribution in [0, 0.1) is 6.92 Å². The largest absolute Gasteiger partial charge is 0.383 e. The molecule has 102 valence electrons. The lowest BCUT2D eigenvalue weighted by Gasteiger charge is -2.05. The van der Waals surface area contributed by atoms with Crippen molar-refractivity contribution in [3.05, 3.63) is 32.3 Å². The molecule has 2 aromatic heterocycles. The fourth-order valence-electron chi connectivity index (χ4n) is 1.67. The molecule has 0 amide bonds. The average molecular weight is 344 g/mol. The molecule has 0 radical (unpaired) electrons. The van der Waals surface area contributed by atoms with E-state index in [4.69, 9.17) is 5.73 Å². The van der Waals surface area contributed by atoms with Crippen LogP contribution in [0.2, 0.25) is 0 Å². The SMILES string of the molecule is CCn1nc(C)c(Br)c1CSc1nc(N)cc(=O)[nH]1. The molecule has 0 atom stereocenters. The van der Waals surface area contributed by atoms with Crippen LogP contribution in [0.1, 0.15) is 18.3 Å². The number of hydrogen-bond donors (Lipinski definition) is 2. The van der Waals surface area contributed by atoms with Crippen LogP contribution in [-0.4, -0.2) is 19.7 Å². The number of nitrogen functional groups attached to an aromatic ring is 1. The van der Waals surface area contributed by atoms with Gasteiger partial charge in [0.1, 0.15) is 5.82 Å². The van der Waals surface area contributed by atoms with Gasteiger partial charge in [-0.1, -0.05) is 11.8 Å². The average Bonchev–Trinajstić information content (AvgIpc) is 2.62. The highest BCUT2D eigenvalue weighted by molar-refractivity contribution is 9.10. The topological polar surface area (TPSA) is 89.6 Å². The number of hydrogen-bond acceptors (Lipinski definition) is 5. The Bertz CT molecular complexity index is 651. The third-order valence-corrected chi connectivity index (χ3v) is 4.45. The first kappa shape index (κ1) is 14.1. The monoisotopic (exact) mass is 343 g/mol. The molecule has 19 heavy (non-hydrogen) atoms. The van der Waals surface area contributed by atoms with Gasteiger partial charge in [-0.3, -0.25) is 9.48 Å². The number of H-pyrrole nitrogens is 1. The first-order valence-electron chi connectivity index (χ1n) is 5.72. The summed E-state index contributed by atoms with van der Waals surface area (Å²) in [5, 5.41) is 4.93. The summed E-state index contributed by atoms with van der Waals surface area (Å²) in [5.41, 5.74) is 7.32. The van der Waals surface area contributed by atoms with Gasteiger partial charge in [0.05, 0.1) is 15.9 Å². The van der Waals surface area contributed by atoms with Crippen LogP contribution in [0.15, 0.2) is 20.5 Å². The van der Waals surface area contributed by atoms with Crippen molar-refractivity contribution in [1.82, 2.24) is 19.7 Å². The zero-order chi connectivity index (χ0) is 14.0. The first-order valence-corrected chi connectivity index (χ1v) is 7.50. The molecular weight excluding hydrogens is 330 g/mol. The highest BCUT2D eigenvalue weighted by atomic mass is 79.9. The Labute approximate surface area is 122 Å². The second-order valence-electron chi connectivity index (χ2n) is 3.93. The van der Waals surface area contributed by atoms with Crippen molar-refractivity contribution in [2.75, 3.05) is 5.73 Å². The van der Waals surface area contributed by atoms with Gasteiger partial charge in [-0.2, -0.15) is 5.10 Å². The summed E-state index contributed by atoms with van der Waals surface area (Å²) < 4.78 is 2.92. The Morgan fingerprint density at radius 2 is 2.32 bits per heavy atom. The first-order chi connectivity index (χ1) is 9.01. The lowest BCUT2D eigenvalue weighted by molar-refractivity contribution is 0.631. The van der Waals surface area contributed by atoms with E-state index < -0.39 is 0 Å². The standard InChI is InChI=1S/C11H14BrN5OS/c1-3-17-7(10(12)6(2)16-17)5-19-11-14-8(13)4-9(18)15-11/h4H,3,5H2,1-2H3,(H3,13,14,15,18). The Morgan fingerprint density at radius 1 is 1.58 bits per heavy atom. The highest BCUT2D eigenvalue weighted by Crippen LogP contribution is 2.27. The zero-order valence-corrected chi connectivity index (χ0v) is 13.0. The van der Waals surface area contributed by atoms with Crippen molar-refractivity contribution < 1.29 is 0 Å². The molecule has 0 aliphatic heterocycles. The van der Waals surface area contributed by atoms with E-state index in [2.05, 4.69) is 31.0 Å². The number of halogens is 1. The molecule has 0 unspecified atom stereocenters.